The van der Waals surface area contributed by atoms with Crippen LogP contribution in [-0.2, 0) is 0 Å². The van der Waals surface area contributed by atoms with Crippen molar-refractivity contribution in [1.82, 2.24) is 0 Å². The fourth-order valence-corrected chi connectivity index (χ4v) is 9.39. The lowest BCUT2D eigenvalue weighted by molar-refractivity contribution is -0.0371. The van der Waals surface area contributed by atoms with Gasteiger partial charge in [0.2, 0.25) is 0 Å². The summed E-state index contributed by atoms with van der Waals surface area (Å²) in [5, 5.41) is 0. The zero-order chi connectivity index (χ0) is 26.2. The fourth-order valence-electron chi connectivity index (χ4n) is 9.39. The quantitative estimate of drug-likeness (QED) is 0.252. The normalized spacial score (nSPS) is 43.5. The van der Waals surface area contributed by atoms with Crippen LogP contribution >= 0.6 is 0 Å². The molecule has 0 saturated heterocycles. The third-order valence-corrected chi connectivity index (χ3v) is 11.8. The highest BCUT2D eigenvalue weighted by molar-refractivity contribution is 4.95. The zero-order valence-electron chi connectivity index (χ0n) is 24.3. The van der Waals surface area contributed by atoms with Gasteiger partial charge >= 0.3 is 0 Å². The van der Waals surface area contributed by atoms with Gasteiger partial charge in [0.15, 0.2) is 0 Å². The van der Waals surface area contributed by atoms with Crippen LogP contribution in [0.25, 0.3) is 0 Å². The molecule has 4 fully saturated rings. The van der Waals surface area contributed by atoms with Gasteiger partial charge in [-0.25, -0.2) is 13.2 Å². The lowest BCUT2D eigenvalue weighted by Gasteiger charge is -2.44. The molecule has 7 atom stereocenters. The van der Waals surface area contributed by atoms with E-state index in [0.29, 0.717) is 23.7 Å². The molecule has 0 aromatic heterocycles. The van der Waals surface area contributed by atoms with Crippen LogP contribution in [0.1, 0.15) is 149 Å². The molecule has 0 spiro atoms. The maximum absolute atomic E-state index is 15.5. The molecule has 4 aliphatic carbocycles. The number of halogens is 3. The first-order chi connectivity index (χ1) is 18.0. The predicted molar refractivity (Wildman–Crippen MR) is 151 cm³/mol. The number of hydrogen-bond donors (Lipinski definition) is 0. The van der Waals surface area contributed by atoms with E-state index >= 15 is 8.78 Å². The predicted octanol–water partition coefficient (Wildman–Crippen LogP) is 11.2. The monoisotopic (exact) mass is 524 g/mol. The molecule has 6 unspecified atom stereocenters. The summed E-state index contributed by atoms with van der Waals surface area (Å²) >= 11 is 0. The second-order valence-corrected chi connectivity index (χ2v) is 14.2. The number of hydrogen-bond acceptors (Lipinski definition) is 0. The number of unbranched alkanes of at least 4 members (excludes halogenated alkanes) is 1. The van der Waals surface area contributed by atoms with Crippen molar-refractivity contribution in [2.75, 3.05) is 0 Å². The van der Waals surface area contributed by atoms with Crippen molar-refractivity contribution in [1.29, 1.82) is 0 Å². The highest BCUT2D eigenvalue weighted by Crippen LogP contribution is 2.49. The van der Waals surface area contributed by atoms with E-state index in [1.807, 2.05) is 0 Å². The van der Waals surface area contributed by atoms with E-state index in [0.717, 1.165) is 69.6 Å². The fraction of sp³-hybridized carbons (Fsp3) is 1.00. The molecule has 4 rings (SSSR count). The Kier molecular flexibility index (Phi) is 12.0. The van der Waals surface area contributed by atoms with Crippen molar-refractivity contribution in [2.24, 2.45) is 47.3 Å². The lowest BCUT2D eigenvalue weighted by Crippen LogP contribution is -2.45. The molecule has 37 heavy (non-hydrogen) atoms. The molecule has 3 heteroatoms. The van der Waals surface area contributed by atoms with E-state index in [1.165, 1.54) is 77.0 Å². The van der Waals surface area contributed by atoms with Crippen LogP contribution < -0.4 is 0 Å². The van der Waals surface area contributed by atoms with E-state index in [2.05, 4.69) is 13.8 Å². The second-order valence-electron chi connectivity index (χ2n) is 14.2. The van der Waals surface area contributed by atoms with Gasteiger partial charge in [-0.05, 0) is 112 Å². The van der Waals surface area contributed by atoms with Crippen LogP contribution in [0.5, 0.6) is 0 Å². The molecule has 0 nitrogen and oxygen atoms in total. The van der Waals surface area contributed by atoms with Gasteiger partial charge in [0.05, 0.1) is 0 Å². The summed E-state index contributed by atoms with van der Waals surface area (Å²) in [6, 6.07) is 0. The van der Waals surface area contributed by atoms with E-state index in [9.17, 15) is 4.39 Å². The largest absolute Gasteiger partial charge is 0.247 e. The van der Waals surface area contributed by atoms with Gasteiger partial charge in [0.25, 0.3) is 0 Å². The first-order valence-electron chi connectivity index (χ1n) is 16.9. The van der Waals surface area contributed by atoms with Crippen LogP contribution in [0.3, 0.4) is 0 Å². The molecule has 0 N–H and O–H groups in total. The highest BCUT2D eigenvalue weighted by Gasteiger charge is 2.46. The van der Waals surface area contributed by atoms with E-state index in [1.54, 1.807) is 0 Å². The summed E-state index contributed by atoms with van der Waals surface area (Å²) in [6.45, 7) is 4.46. The second kappa shape index (κ2) is 15.0. The van der Waals surface area contributed by atoms with Crippen molar-refractivity contribution < 1.29 is 13.2 Å². The Morgan fingerprint density at radius 2 is 1.00 bits per heavy atom. The SMILES string of the molecule is CCCCC1CCC(CCCC2CCC(C3CCC(C4CCC(CCC)CC4)C(F)[C@H]3F)CC2)CC1F. The van der Waals surface area contributed by atoms with Crippen LogP contribution in [0, 0.1) is 47.3 Å². The summed E-state index contributed by atoms with van der Waals surface area (Å²) in [5.41, 5.74) is 0. The first kappa shape index (κ1) is 29.8. The molecule has 216 valence electrons. The summed E-state index contributed by atoms with van der Waals surface area (Å²) in [7, 11) is 0. The van der Waals surface area contributed by atoms with Gasteiger partial charge in [-0.3, -0.25) is 0 Å². The minimum Gasteiger partial charge on any atom is -0.247 e. The van der Waals surface area contributed by atoms with Crippen molar-refractivity contribution in [3.05, 3.63) is 0 Å². The minimum absolute atomic E-state index is 0.0178. The van der Waals surface area contributed by atoms with Crippen LogP contribution in [-0.4, -0.2) is 18.5 Å². The maximum atomic E-state index is 15.5. The van der Waals surface area contributed by atoms with Gasteiger partial charge in [-0.2, -0.15) is 0 Å². The molecule has 0 heterocycles. The smallest absolute Gasteiger partial charge is 0.134 e. The third-order valence-electron chi connectivity index (χ3n) is 11.8. The Hall–Kier alpha value is -0.210. The molecule has 0 bridgehead atoms. The molecule has 0 aromatic carbocycles. The number of alkyl halides is 3. The van der Waals surface area contributed by atoms with Crippen molar-refractivity contribution in [3.63, 3.8) is 0 Å². The molecule has 4 aliphatic rings. The third kappa shape index (κ3) is 8.15. The van der Waals surface area contributed by atoms with Crippen molar-refractivity contribution in [3.8, 4) is 0 Å². The van der Waals surface area contributed by atoms with Crippen molar-refractivity contribution >= 4 is 0 Å². The average Bonchev–Trinajstić information content (AvgIpc) is 2.91. The Balaban J connectivity index is 1.12. The van der Waals surface area contributed by atoms with Crippen LogP contribution in [0.15, 0.2) is 0 Å². The molecular formula is C34H59F3. The molecule has 4 saturated carbocycles. The van der Waals surface area contributed by atoms with E-state index in [4.69, 9.17) is 0 Å². The average molecular weight is 525 g/mol. The minimum atomic E-state index is -1.23. The zero-order valence-corrected chi connectivity index (χ0v) is 24.3. The molecule has 0 aliphatic heterocycles. The van der Waals surface area contributed by atoms with E-state index < -0.39 is 18.5 Å². The lowest BCUT2D eigenvalue weighted by atomic mass is 9.63. The molecule has 0 aromatic rings. The van der Waals surface area contributed by atoms with Gasteiger partial charge in [-0.15, -0.1) is 0 Å². The van der Waals surface area contributed by atoms with Crippen molar-refractivity contribution in [2.45, 2.75) is 167 Å². The Morgan fingerprint density at radius 1 is 0.486 bits per heavy atom. The van der Waals surface area contributed by atoms with Gasteiger partial charge in [0.1, 0.15) is 18.5 Å². The topological polar surface area (TPSA) is 0 Å². The highest BCUT2D eigenvalue weighted by atomic mass is 19.2. The van der Waals surface area contributed by atoms with Crippen LogP contribution in [0.4, 0.5) is 13.2 Å². The first-order valence-corrected chi connectivity index (χ1v) is 16.9. The van der Waals surface area contributed by atoms with Gasteiger partial charge in [-0.1, -0.05) is 84.5 Å². The number of rotatable bonds is 11. The Labute approximate surface area is 227 Å². The summed E-state index contributed by atoms with van der Waals surface area (Å²) in [5.74, 6) is 3.28. The standard InChI is InChI=1S/C34H59F3/c1-3-5-10-29-20-15-26(23-32(29)35)9-6-8-25-13-18-28(19-14-25)31-22-21-30(33(36)34(31)37)27-16-11-24(7-4-2)12-17-27/h24-34H,3-23H2,1-2H3/t24?,25?,26?,27?,28?,29?,30?,31?,32?,33?,34-/m0/s1. The summed E-state index contributed by atoms with van der Waals surface area (Å²) in [6.07, 6.45) is 21.0. The van der Waals surface area contributed by atoms with Gasteiger partial charge < -0.3 is 0 Å². The summed E-state index contributed by atoms with van der Waals surface area (Å²) in [4.78, 5) is 0. The maximum Gasteiger partial charge on any atom is 0.134 e. The van der Waals surface area contributed by atoms with Crippen LogP contribution in [0.2, 0.25) is 0 Å². The molecular weight excluding hydrogens is 465 g/mol. The van der Waals surface area contributed by atoms with Gasteiger partial charge in [0, 0.05) is 0 Å². The summed E-state index contributed by atoms with van der Waals surface area (Å²) < 4.78 is 45.5. The molecule has 0 amide bonds. The Morgan fingerprint density at radius 3 is 1.51 bits per heavy atom. The Bertz CT molecular complexity index is 621. The molecule has 0 radical (unpaired) electrons. The van der Waals surface area contributed by atoms with E-state index in [-0.39, 0.29) is 11.8 Å².